The van der Waals surface area contributed by atoms with Crippen LogP contribution in [0.1, 0.15) is 13.3 Å². The summed E-state index contributed by atoms with van der Waals surface area (Å²) in [6.07, 6.45) is 0.421. The zero-order chi connectivity index (χ0) is 11.0. The summed E-state index contributed by atoms with van der Waals surface area (Å²) in [4.78, 5) is 13.6. The number of halogens is 1. The van der Waals surface area contributed by atoms with Crippen molar-refractivity contribution in [3.05, 3.63) is 18.2 Å². The summed E-state index contributed by atoms with van der Waals surface area (Å²) in [6.45, 7) is 1.80. The van der Waals surface area contributed by atoms with Gasteiger partial charge in [-0.2, -0.15) is 0 Å². The number of aromatic hydroxyl groups is 1. The number of rotatable bonds is 1. The number of thioether (sulfide) groups is 1. The Kier molecular flexibility index (Phi) is 2.80. The van der Waals surface area contributed by atoms with E-state index in [1.807, 2.05) is 0 Å². The first-order valence-electron chi connectivity index (χ1n) is 4.59. The number of carbonyl (C=O) groups is 1. The standard InChI is InChI=1S/C10H10ClNO2S/c1-2-9(14)12-7-4-3-6(13)5-8(7)15-10(12)11/h3-5,10,13H,2H2,1H3. The Bertz CT molecular complexity index is 410. The Morgan fingerprint density at radius 2 is 2.40 bits per heavy atom. The lowest BCUT2D eigenvalue weighted by Crippen LogP contribution is -2.31. The van der Waals surface area contributed by atoms with Crippen molar-refractivity contribution in [1.82, 2.24) is 0 Å². The molecule has 2 rings (SSSR count). The van der Waals surface area contributed by atoms with Gasteiger partial charge in [0, 0.05) is 11.3 Å². The molecule has 1 aliphatic rings. The van der Waals surface area contributed by atoms with Crippen LogP contribution in [0.25, 0.3) is 0 Å². The minimum absolute atomic E-state index is 0.00746. The third-order valence-electron chi connectivity index (χ3n) is 2.20. The summed E-state index contributed by atoms with van der Waals surface area (Å²) in [5, 5.41) is 9.30. The molecule has 1 amide bonds. The fourth-order valence-electron chi connectivity index (χ4n) is 1.48. The van der Waals surface area contributed by atoms with Gasteiger partial charge in [0.05, 0.1) is 5.69 Å². The quantitative estimate of drug-likeness (QED) is 0.609. The SMILES string of the molecule is CCC(=O)N1c2ccc(O)cc2SC1Cl. The molecule has 1 aromatic rings. The van der Waals surface area contributed by atoms with Crippen LogP contribution in [0, 0.1) is 0 Å². The number of phenols is 1. The van der Waals surface area contributed by atoms with Crippen molar-refractivity contribution < 1.29 is 9.90 Å². The van der Waals surface area contributed by atoms with Crippen LogP contribution in [0.5, 0.6) is 5.75 Å². The molecule has 1 N–H and O–H groups in total. The van der Waals surface area contributed by atoms with Gasteiger partial charge in [-0.05, 0) is 18.2 Å². The lowest BCUT2D eigenvalue weighted by molar-refractivity contribution is -0.118. The van der Waals surface area contributed by atoms with E-state index in [0.29, 0.717) is 6.42 Å². The molecule has 1 heterocycles. The predicted octanol–water partition coefficient (Wildman–Crippen LogP) is 2.76. The van der Waals surface area contributed by atoms with E-state index in [1.54, 1.807) is 30.0 Å². The van der Waals surface area contributed by atoms with Crippen molar-refractivity contribution in [1.29, 1.82) is 0 Å². The highest BCUT2D eigenvalue weighted by Gasteiger charge is 2.32. The van der Waals surface area contributed by atoms with Crippen LogP contribution in [-0.2, 0) is 4.79 Å². The summed E-state index contributed by atoms with van der Waals surface area (Å²) in [5.41, 5.74) is 0.782. The number of anilines is 1. The first-order chi connectivity index (χ1) is 7.13. The van der Waals surface area contributed by atoms with E-state index in [-0.39, 0.29) is 11.7 Å². The Balaban J connectivity index is 2.41. The summed E-state index contributed by atoms with van der Waals surface area (Å²) >= 11 is 7.42. The van der Waals surface area contributed by atoms with E-state index in [2.05, 4.69) is 0 Å². The Hall–Kier alpha value is -0.870. The lowest BCUT2D eigenvalue weighted by atomic mass is 10.2. The molecular formula is C10H10ClNO2S. The van der Waals surface area contributed by atoms with Crippen molar-refractivity contribution in [3.8, 4) is 5.75 Å². The molecule has 0 fully saturated rings. The van der Waals surface area contributed by atoms with E-state index in [0.717, 1.165) is 10.6 Å². The lowest BCUT2D eigenvalue weighted by Gasteiger charge is -2.19. The molecular weight excluding hydrogens is 234 g/mol. The van der Waals surface area contributed by atoms with Crippen molar-refractivity contribution in [2.24, 2.45) is 0 Å². The number of nitrogens with zero attached hydrogens (tertiary/aromatic N) is 1. The number of alkyl halides is 1. The average Bonchev–Trinajstić information content (AvgIpc) is 2.52. The Morgan fingerprint density at radius 1 is 1.67 bits per heavy atom. The number of hydrogen-bond donors (Lipinski definition) is 1. The number of benzene rings is 1. The molecule has 80 valence electrons. The predicted molar refractivity (Wildman–Crippen MR) is 61.4 cm³/mol. The highest BCUT2D eigenvalue weighted by Crippen LogP contribution is 2.46. The Morgan fingerprint density at radius 3 is 3.07 bits per heavy atom. The molecule has 0 spiro atoms. The zero-order valence-corrected chi connectivity index (χ0v) is 9.68. The van der Waals surface area contributed by atoms with Gasteiger partial charge in [0.2, 0.25) is 5.91 Å². The zero-order valence-electron chi connectivity index (χ0n) is 8.11. The largest absolute Gasteiger partial charge is 0.508 e. The highest BCUT2D eigenvalue weighted by atomic mass is 35.5. The second-order valence-corrected chi connectivity index (χ2v) is 4.97. The second kappa shape index (κ2) is 3.94. The van der Waals surface area contributed by atoms with Gasteiger partial charge >= 0.3 is 0 Å². The number of hydrogen-bond acceptors (Lipinski definition) is 3. The fourth-order valence-corrected chi connectivity index (χ4v) is 3.00. The van der Waals surface area contributed by atoms with Gasteiger partial charge in [-0.25, -0.2) is 0 Å². The first kappa shape index (κ1) is 10.6. The minimum Gasteiger partial charge on any atom is -0.508 e. The van der Waals surface area contributed by atoms with Gasteiger partial charge < -0.3 is 5.11 Å². The number of amides is 1. The van der Waals surface area contributed by atoms with E-state index in [9.17, 15) is 9.90 Å². The summed E-state index contributed by atoms with van der Waals surface area (Å²) < 4.78 is 0. The normalized spacial score (nSPS) is 19.1. The molecule has 1 unspecified atom stereocenters. The third kappa shape index (κ3) is 1.79. The van der Waals surface area contributed by atoms with E-state index in [4.69, 9.17) is 11.6 Å². The maximum absolute atomic E-state index is 11.6. The molecule has 1 atom stereocenters. The van der Waals surface area contributed by atoms with Crippen LogP contribution in [0.2, 0.25) is 0 Å². The molecule has 0 radical (unpaired) electrons. The van der Waals surface area contributed by atoms with Crippen LogP contribution in [0.15, 0.2) is 23.1 Å². The first-order valence-corrected chi connectivity index (χ1v) is 5.91. The van der Waals surface area contributed by atoms with E-state index < -0.39 is 4.83 Å². The van der Waals surface area contributed by atoms with Crippen molar-refractivity contribution in [2.75, 3.05) is 4.90 Å². The maximum atomic E-state index is 11.6. The van der Waals surface area contributed by atoms with Crippen molar-refractivity contribution in [3.63, 3.8) is 0 Å². The molecule has 0 aliphatic carbocycles. The van der Waals surface area contributed by atoms with Crippen LogP contribution in [0.3, 0.4) is 0 Å². The van der Waals surface area contributed by atoms with E-state index in [1.165, 1.54) is 11.8 Å². The molecule has 0 saturated heterocycles. The van der Waals surface area contributed by atoms with E-state index >= 15 is 0 Å². The highest BCUT2D eigenvalue weighted by molar-refractivity contribution is 8.01. The molecule has 0 bridgehead atoms. The van der Waals surface area contributed by atoms with Gasteiger partial charge in [-0.1, -0.05) is 30.3 Å². The molecule has 15 heavy (non-hydrogen) atoms. The number of fused-ring (bicyclic) bond motifs is 1. The minimum atomic E-state index is -0.408. The van der Waals surface area contributed by atoms with Gasteiger partial charge in [-0.15, -0.1) is 0 Å². The summed E-state index contributed by atoms with van der Waals surface area (Å²) in [5.74, 6) is 0.183. The number of carbonyl (C=O) groups excluding carboxylic acids is 1. The second-order valence-electron chi connectivity index (χ2n) is 3.18. The van der Waals surface area contributed by atoms with Gasteiger partial charge in [-0.3, -0.25) is 9.69 Å². The van der Waals surface area contributed by atoms with Crippen LogP contribution in [-0.4, -0.2) is 15.8 Å². The molecule has 0 saturated carbocycles. The smallest absolute Gasteiger partial charge is 0.228 e. The van der Waals surface area contributed by atoms with Crippen molar-refractivity contribution in [2.45, 2.75) is 23.1 Å². The third-order valence-corrected chi connectivity index (χ3v) is 3.65. The molecule has 3 nitrogen and oxygen atoms in total. The molecule has 1 aliphatic heterocycles. The monoisotopic (exact) mass is 243 g/mol. The average molecular weight is 244 g/mol. The Labute approximate surface area is 97.0 Å². The fraction of sp³-hybridized carbons (Fsp3) is 0.300. The van der Waals surface area contributed by atoms with Gasteiger partial charge in [0.15, 0.2) is 4.83 Å². The topological polar surface area (TPSA) is 40.5 Å². The van der Waals surface area contributed by atoms with Crippen LogP contribution < -0.4 is 4.90 Å². The summed E-state index contributed by atoms with van der Waals surface area (Å²) in [6, 6.07) is 4.90. The molecule has 5 heteroatoms. The number of phenolic OH excluding ortho intramolecular Hbond substituents is 1. The molecule has 1 aromatic carbocycles. The van der Waals surface area contributed by atoms with Gasteiger partial charge in [0.25, 0.3) is 0 Å². The molecule has 0 aromatic heterocycles. The van der Waals surface area contributed by atoms with Gasteiger partial charge in [0.1, 0.15) is 5.75 Å². The van der Waals surface area contributed by atoms with Crippen LogP contribution >= 0.6 is 23.4 Å². The summed E-state index contributed by atoms with van der Waals surface area (Å²) in [7, 11) is 0. The maximum Gasteiger partial charge on any atom is 0.228 e. The van der Waals surface area contributed by atoms with Crippen LogP contribution in [0.4, 0.5) is 5.69 Å². The van der Waals surface area contributed by atoms with Crippen molar-refractivity contribution >= 4 is 35.0 Å².